The van der Waals surface area contributed by atoms with Crippen LogP contribution in [0.5, 0.6) is 0 Å². The van der Waals surface area contributed by atoms with Crippen molar-refractivity contribution in [2.75, 3.05) is 46.3 Å². The quantitative estimate of drug-likeness (QED) is 0.770. The highest BCUT2D eigenvalue weighted by atomic mass is 16.1. The zero-order valence-corrected chi connectivity index (χ0v) is 14.1. The Morgan fingerprint density at radius 1 is 1.23 bits per heavy atom. The third-order valence-electron chi connectivity index (χ3n) is 6.07. The molecule has 0 aromatic carbocycles. The molecule has 3 fully saturated rings. The molecule has 3 aliphatic rings. The van der Waals surface area contributed by atoms with E-state index in [0.717, 1.165) is 39.3 Å². The van der Waals surface area contributed by atoms with Crippen LogP contribution in [-0.4, -0.2) is 68.1 Å². The molecule has 1 saturated heterocycles. The summed E-state index contributed by atoms with van der Waals surface area (Å²) in [5, 5.41) is 3.18. The monoisotopic (exact) mass is 308 g/mol. The fraction of sp³-hybridized carbons (Fsp3) is 0.941. The van der Waals surface area contributed by atoms with Crippen LogP contribution in [0.2, 0.25) is 0 Å². The van der Waals surface area contributed by atoms with Crippen molar-refractivity contribution in [1.82, 2.24) is 15.1 Å². The number of hydrogen-bond donors (Lipinski definition) is 2. The third-order valence-corrected chi connectivity index (χ3v) is 6.07. The van der Waals surface area contributed by atoms with Gasteiger partial charge in [0, 0.05) is 45.3 Å². The highest BCUT2D eigenvalue weighted by Crippen LogP contribution is 2.47. The summed E-state index contributed by atoms with van der Waals surface area (Å²) in [5.41, 5.74) is 6.26. The number of piperazine rings is 1. The SMILES string of the molecule is CC(CNC(=O)C1C2CCC(C2)C1N)CN1CCN(C)CC1. The normalized spacial score (nSPS) is 37.4. The zero-order chi connectivity index (χ0) is 15.7. The summed E-state index contributed by atoms with van der Waals surface area (Å²) in [7, 11) is 2.18. The summed E-state index contributed by atoms with van der Waals surface area (Å²) in [4.78, 5) is 17.4. The van der Waals surface area contributed by atoms with Gasteiger partial charge >= 0.3 is 0 Å². The first-order valence-electron chi connectivity index (χ1n) is 8.98. The number of amides is 1. The number of hydrogen-bond acceptors (Lipinski definition) is 4. The first-order chi connectivity index (χ1) is 10.5. The number of nitrogens with one attached hydrogen (secondary N) is 1. The van der Waals surface area contributed by atoms with Crippen molar-refractivity contribution < 1.29 is 4.79 Å². The van der Waals surface area contributed by atoms with E-state index in [9.17, 15) is 4.79 Å². The van der Waals surface area contributed by atoms with E-state index in [2.05, 4.69) is 29.1 Å². The van der Waals surface area contributed by atoms with E-state index >= 15 is 0 Å². The van der Waals surface area contributed by atoms with Crippen molar-refractivity contribution in [3.05, 3.63) is 0 Å². The Morgan fingerprint density at radius 2 is 1.91 bits per heavy atom. The van der Waals surface area contributed by atoms with Crippen LogP contribution in [0.4, 0.5) is 0 Å². The van der Waals surface area contributed by atoms with Gasteiger partial charge in [-0.15, -0.1) is 0 Å². The summed E-state index contributed by atoms with van der Waals surface area (Å²) in [6, 6.07) is 0.103. The maximum Gasteiger partial charge on any atom is 0.224 e. The number of fused-ring (bicyclic) bond motifs is 2. The Hall–Kier alpha value is -0.650. The van der Waals surface area contributed by atoms with Gasteiger partial charge in [0.2, 0.25) is 5.91 Å². The van der Waals surface area contributed by atoms with Crippen LogP contribution < -0.4 is 11.1 Å². The first kappa shape index (κ1) is 16.2. The van der Waals surface area contributed by atoms with E-state index in [1.54, 1.807) is 0 Å². The Bertz CT molecular complexity index is 392. The third kappa shape index (κ3) is 3.47. The Labute approximate surface area is 134 Å². The number of nitrogens with zero attached hydrogens (tertiary/aromatic N) is 2. The van der Waals surface area contributed by atoms with Crippen molar-refractivity contribution in [1.29, 1.82) is 0 Å². The molecule has 0 radical (unpaired) electrons. The van der Waals surface area contributed by atoms with Crippen molar-refractivity contribution in [3.63, 3.8) is 0 Å². The molecule has 22 heavy (non-hydrogen) atoms. The molecule has 0 aromatic heterocycles. The predicted molar refractivity (Wildman–Crippen MR) is 88.4 cm³/mol. The van der Waals surface area contributed by atoms with Gasteiger partial charge in [0.05, 0.1) is 5.92 Å². The minimum atomic E-state index is 0.0783. The molecule has 1 amide bonds. The van der Waals surface area contributed by atoms with Gasteiger partial charge in [0.25, 0.3) is 0 Å². The Morgan fingerprint density at radius 3 is 2.55 bits per heavy atom. The van der Waals surface area contributed by atoms with Crippen molar-refractivity contribution in [2.45, 2.75) is 32.2 Å². The van der Waals surface area contributed by atoms with E-state index in [0.29, 0.717) is 17.8 Å². The van der Waals surface area contributed by atoms with Crippen molar-refractivity contribution in [2.24, 2.45) is 29.4 Å². The van der Waals surface area contributed by atoms with Gasteiger partial charge in [-0.05, 0) is 44.1 Å². The summed E-state index contributed by atoms with van der Waals surface area (Å²) in [6.07, 6.45) is 3.61. The molecule has 3 N–H and O–H groups in total. The molecule has 1 heterocycles. The molecule has 1 aliphatic heterocycles. The second-order valence-corrected chi connectivity index (χ2v) is 7.89. The van der Waals surface area contributed by atoms with Gasteiger partial charge in [-0.25, -0.2) is 0 Å². The summed E-state index contributed by atoms with van der Waals surface area (Å²) in [5.74, 6) is 1.94. The lowest BCUT2D eigenvalue weighted by Crippen LogP contribution is -2.48. The van der Waals surface area contributed by atoms with Gasteiger partial charge in [-0.3, -0.25) is 4.79 Å². The maximum absolute atomic E-state index is 12.5. The highest BCUT2D eigenvalue weighted by Gasteiger charge is 2.48. The maximum atomic E-state index is 12.5. The second kappa shape index (κ2) is 6.85. The second-order valence-electron chi connectivity index (χ2n) is 7.89. The van der Waals surface area contributed by atoms with Crippen LogP contribution in [0.1, 0.15) is 26.2 Å². The predicted octanol–water partition coefficient (Wildman–Crippen LogP) is 0.360. The number of nitrogens with two attached hydrogens (primary N) is 1. The molecule has 2 bridgehead atoms. The smallest absolute Gasteiger partial charge is 0.224 e. The largest absolute Gasteiger partial charge is 0.355 e. The molecule has 3 rings (SSSR count). The fourth-order valence-electron chi connectivity index (χ4n) is 4.65. The zero-order valence-electron chi connectivity index (χ0n) is 14.1. The van der Waals surface area contributed by atoms with E-state index in [-0.39, 0.29) is 17.9 Å². The lowest BCUT2D eigenvalue weighted by Gasteiger charge is -2.34. The molecule has 5 heteroatoms. The molecule has 0 spiro atoms. The van der Waals surface area contributed by atoms with Crippen LogP contribution >= 0.6 is 0 Å². The minimum absolute atomic E-state index is 0.0783. The van der Waals surface area contributed by atoms with Crippen LogP contribution in [0.3, 0.4) is 0 Å². The molecule has 126 valence electrons. The number of carbonyl (C=O) groups excluding carboxylic acids is 1. The van der Waals surface area contributed by atoms with Crippen LogP contribution in [-0.2, 0) is 4.79 Å². The van der Waals surface area contributed by atoms with E-state index < -0.39 is 0 Å². The molecule has 2 saturated carbocycles. The molecule has 0 aromatic rings. The molecule has 5 nitrogen and oxygen atoms in total. The number of carbonyl (C=O) groups is 1. The topological polar surface area (TPSA) is 61.6 Å². The molecule has 2 aliphatic carbocycles. The lowest BCUT2D eigenvalue weighted by molar-refractivity contribution is -0.127. The molecule has 5 unspecified atom stereocenters. The summed E-state index contributed by atoms with van der Waals surface area (Å²) < 4.78 is 0. The van der Waals surface area contributed by atoms with E-state index in [1.165, 1.54) is 19.3 Å². The fourth-order valence-corrected chi connectivity index (χ4v) is 4.65. The van der Waals surface area contributed by atoms with Gasteiger partial charge in [0.1, 0.15) is 0 Å². The molecule has 5 atom stereocenters. The Kier molecular flexibility index (Phi) is 5.05. The van der Waals surface area contributed by atoms with Crippen LogP contribution in [0.25, 0.3) is 0 Å². The number of likely N-dealkylation sites (N-methyl/N-ethyl adjacent to an activating group) is 1. The minimum Gasteiger partial charge on any atom is -0.355 e. The van der Waals surface area contributed by atoms with E-state index in [4.69, 9.17) is 5.73 Å². The highest BCUT2D eigenvalue weighted by molar-refractivity contribution is 5.80. The number of rotatable bonds is 5. The molecular formula is C17H32N4O. The van der Waals surface area contributed by atoms with Gasteiger partial charge < -0.3 is 20.9 Å². The van der Waals surface area contributed by atoms with Crippen molar-refractivity contribution in [3.8, 4) is 0 Å². The van der Waals surface area contributed by atoms with Crippen LogP contribution in [0.15, 0.2) is 0 Å². The summed E-state index contributed by atoms with van der Waals surface area (Å²) in [6.45, 7) is 8.69. The van der Waals surface area contributed by atoms with E-state index in [1.807, 2.05) is 0 Å². The van der Waals surface area contributed by atoms with Gasteiger partial charge in [-0.1, -0.05) is 6.92 Å². The van der Waals surface area contributed by atoms with Crippen LogP contribution in [0, 0.1) is 23.7 Å². The average molecular weight is 308 g/mol. The Balaban J connectivity index is 1.39. The lowest BCUT2D eigenvalue weighted by atomic mass is 9.84. The first-order valence-corrected chi connectivity index (χ1v) is 8.98. The standard InChI is InChI=1S/C17H32N4O/c1-12(11-21-7-5-20(2)6-8-21)10-19-17(22)15-13-3-4-14(9-13)16(15)18/h12-16H,3-11,18H2,1-2H3,(H,19,22). The average Bonchev–Trinajstić information content (AvgIpc) is 3.08. The molecular weight excluding hydrogens is 276 g/mol. The van der Waals surface area contributed by atoms with Gasteiger partial charge in [-0.2, -0.15) is 0 Å². The summed E-state index contributed by atoms with van der Waals surface area (Å²) >= 11 is 0. The van der Waals surface area contributed by atoms with Gasteiger partial charge in [0.15, 0.2) is 0 Å². The van der Waals surface area contributed by atoms with Crippen molar-refractivity contribution >= 4 is 5.91 Å².